The second kappa shape index (κ2) is 8.30. The summed E-state index contributed by atoms with van der Waals surface area (Å²) in [6, 6.07) is 21.4. The van der Waals surface area contributed by atoms with Crippen LogP contribution in [-0.4, -0.2) is 17.3 Å². The van der Waals surface area contributed by atoms with E-state index >= 15 is 0 Å². The first kappa shape index (κ1) is 18.4. The van der Waals surface area contributed by atoms with Crippen molar-refractivity contribution in [3.63, 3.8) is 0 Å². The number of benzene rings is 3. The number of carboxylic acid groups (broad SMARTS) is 1. The zero-order valence-corrected chi connectivity index (χ0v) is 15.8. The van der Waals surface area contributed by atoms with Crippen molar-refractivity contribution >= 4 is 35.0 Å². The number of aromatic carboxylic acids is 1. The topological polar surface area (TPSA) is 49.3 Å². The lowest BCUT2D eigenvalue weighted by molar-refractivity contribution is 0.0693. The van der Waals surface area contributed by atoms with E-state index in [1.54, 1.807) is 6.07 Å². The van der Waals surface area contributed by atoms with Crippen LogP contribution in [0.5, 0.6) is 0 Å². The fourth-order valence-electron chi connectivity index (χ4n) is 2.65. The Morgan fingerprint density at radius 2 is 1.62 bits per heavy atom. The molecule has 0 heterocycles. The highest BCUT2D eigenvalue weighted by molar-refractivity contribution is 7.98. The minimum Gasteiger partial charge on any atom is -0.478 e. The third-order valence-electron chi connectivity index (χ3n) is 4.06. The first-order valence-corrected chi connectivity index (χ1v) is 9.67. The molecule has 0 spiro atoms. The van der Waals surface area contributed by atoms with Crippen LogP contribution in [0.1, 0.15) is 15.9 Å². The lowest BCUT2D eigenvalue weighted by Gasteiger charge is -2.10. The summed E-state index contributed by atoms with van der Waals surface area (Å²) in [5, 5.41) is 13.3. The molecule has 0 unspecified atom stereocenters. The van der Waals surface area contributed by atoms with Gasteiger partial charge in [-0.05, 0) is 53.3 Å². The van der Waals surface area contributed by atoms with Gasteiger partial charge in [0.2, 0.25) is 0 Å². The molecule has 26 heavy (non-hydrogen) atoms. The highest BCUT2D eigenvalue weighted by Crippen LogP contribution is 2.25. The molecule has 0 aliphatic carbocycles. The molecule has 0 saturated carbocycles. The van der Waals surface area contributed by atoms with E-state index in [1.807, 2.05) is 42.7 Å². The summed E-state index contributed by atoms with van der Waals surface area (Å²) in [5.41, 5.74) is 4.48. The van der Waals surface area contributed by atoms with Gasteiger partial charge in [0.25, 0.3) is 0 Å². The van der Waals surface area contributed by atoms with E-state index in [0.717, 1.165) is 32.3 Å². The van der Waals surface area contributed by atoms with Crippen molar-refractivity contribution in [2.45, 2.75) is 11.4 Å². The number of anilines is 1. The lowest BCUT2D eigenvalue weighted by atomic mass is 10.0. The zero-order valence-electron chi connectivity index (χ0n) is 14.2. The first-order chi connectivity index (χ1) is 12.6. The zero-order chi connectivity index (χ0) is 18.5. The predicted molar refractivity (Wildman–Crippen MR) is 109 cm³/mol. The number of halogens is 1. The fourth-order valence-corrected chi connectivity index (χ4v) is 3.34. The Labute approximate surface area is 162 Å². The summed E-state index contributed by atoms with van der Waals surface area (Å²) >= 11 is 7.36. The average molecular weight is 384 g/mol. The standard InChI is InChI=1S/C21H18ClNO2S/c1-26-20-11-10-18(12-19(20)21(24)25)23-13-14-2-4-15(5-3-14)16-6-8-17(22)9-7-16/h2-12,23H,13H2,1H3,(H,24,25). The first-order valence-electron chi connectivity index (χ1n) is 8.07. The minimum absolute atomic E-state index is 0.320. The summed E-state index contributed by atoms with van der Waals surface area (Å²) in [5.74, 6) is -0.912. The molecule has 0 radical (unpaired) electrons. The van der Waals surface area contributed by atoms with Crippen LogP contribution in [0.4, 0.5) is 5.69 Å². The third kappa shape index (κ3) is 4.40. The van der Waals surface area contributed by atoms with Crippen LogP contribution in [0.25, 0.3) is 11.1 Å². The molecule has 132 valence electrons. The molecule has 3 aromatic rings. The number of rotatable bonds is 6. The van der Waals surface area contributed by atoms with E-state index in [1.165, 1.54) is 11.8 Å². The van der Waals surface area contributed by atoms with Crippen molar-refractivity contribution in [1.29, 1.82) is 0 Å². The molecular formula is C21H18ClNO2S. The Morgan fingerprint density at radius 1 is 1.00 bits per heavy atom. The van der Waals surface area contributed by atoms with Crippen molar-refractivity contribution in [1.82, 2.24) is 0 Å². The van der Waals surface area contributed by atoms with Crippen molar-refractivity contribution in [3.8, 4) is 11.1 Å². The molecule has 0 bridgehead atoms. The molecule has 3 rings (SSSR count). The van der Waals surface area contributed by atoms with Gasteiger partial charge in [0.1, 0.15) is 0 Å². The van der Waals surface area contributed by atoms with Crippen LogP contribution >= 0.6 is 23.4 Å². The molecule has 5 heteroatoms. The number of hydrogen-bond acceptors (Lipinski definition) is 3. The smallest absolute Gasteiger partial charge is 0.336 e. The van der Waals surface area contributed by atoms with Gasteiger partial charge in [-0.1, -0.05) is 48.0 Å². The van der Waals surface area contributed by atoms with E-state index in [2.05, 4.69) is 29.6 Å². The molecule has 0 aromatic heterocycles. The Bertz CT molecular complexity index is 908. The molecule has 3 aromatic carbocycles. The van der Waals surface area contributed by atoms with Crippen LogP contribution in [-0.2, 0) is 6.54 Å². The van der Waals surface area contributed by atoms with Gasteiger partial charge in [-0.2, -0.15) is 0 Å². The molecule has 3 nitrogen and oxygen atoms in total. The van der Waals surface area contributed by atoms with E-state index in [-0.39, 0.29) is 0 Å². The second-order valence-corrected chi connectivity index (χ2v) is 7.06. The Kier molecular flexibility index (Phi) is 5.86. The van der Waals surface area contributed by atoms with Gasteiger partial charge >= 0.3 is 5.97 Å². The van der Waals surface area contributed by atoms with Gasteiger partial charge in [-0.15, -0.1) is 11.8 Å². The quantitative estimate of drug-likeness (QED) is 0.509. The number of nitrogens with one attached hydrogen (secondary N) is 1. The highest BCUT2D eigenvalue weighted by atomic mass is 35.5. The fraction of sp³-hybridized carbons (Fsp3) is 0.0952. The SMILES string of the molecule is CSc1ccc(NCc2ccc(-c3ccc(Cl)cc3)cc2)cc1C(=O)O. The van der Waals surface area contributed by atoms with Gasteiger partial charge in [0.15, 0.2) is 0 Å². The maximum Gasteiger partial charge on any atom is 0.336 e. The van der Waals surface area contributed by atoms with Gasteiger partial charge in [0, 0.05) is 22.2 Å². The summed E-state index contributed by atoms with van der Waals surface area (Å²) < 4.78 is 0. The van der Waals surface area contributed by atoms with Crippen molar-refractivity contribution < 1.29 is 9.90 Å². The lowest BCUT2D eigenvalue weighted by Crippen LogP contribution is -2.03. The third-order valence-corrected chi connectivity index (χ3v) is 5.11. The Morgan fingerprint density at radius 3 is 2.19 bits per heavy atom. The summed E-state index contributed by atoms with van der Waals surface area (Å²) in [4.78, 5) is 12.1. The van der Waals surface area contributed by atoms with Gasteiger partial charge in [-0.25, -0.2) is 4.79 Å². The van der Waals surface area contributed by atoms with Crippen molar-refractivity contribution in [2.24, 2.45) is 0 Å². The van der Waals surface area contributed by atoms with Crippen LogP contribution in [0.15, 0.2) is 71.6 Å². The highest BCUT2D eigenvalue weighted by Gasteiger charge is 2.10. The second-order valence-electron chi connectivity index (χ2n) is 5.78. The largest absolute Gasteiger partial charge is 0.478 e. The van der Waals surface area contributed by atoms with Gasteiger partial charge in [0.05, 0.1) is 5.56 Å². The maximum absolute atomic E-state index is 11.4. The minimum atomic E-state index is -0.912. The molecule has 0 aliphatic rings. The molecule has 0 saturated heterocycles. The molecule has 0 aliphatic heterocycles. The number of carbonyl (C=O) groups is 1. The van der Waals surface area contributed by atoms with Crippen LogP contribution in [0.2, 0.25) is 5.02 Å². The van der Waals surface area contributed by atoms with Crippen LogP contribution < -0.4 is 5.32 Å². The number of thioether (sulfide) groups is 1. The number of hydrogen-bond donors (Lipinski definition) is 2. The molecule has 2 N–H and O–H groups in total. The summed E-state index contributed by atoms with van der Waals surface area (Å²) in [6.45, 7) is 0.624. The van der Waals surface area contributed by atoms with Crippen LogP contribution in [0, 0.1) is 0 Å². The van der Waals surface area contributed by atoms with E-state index < -0.39 is 5.97 Å². The molecule has 0 atom stereocenters. The van der Waals surface area contributed by atoms with Crippen molar-refractivity contribution in [2.75, 3.05) is 11.6 Å². The van der Waals surface area contributed by atoms with E-state index in [0.29, 0.717) is 12.1 Å². The van der Waals surface area contributed by atoms with E-state index in [4.69, 9.17) is 11.6 Å². The summed E-state index contributed by atoms with van der Waals surface area (Å²) in [7, 11) is 0. The van der Waals surface area contributed by atoms with Gasteiger partial charge < -0.3 is 10.4 Å². The number of carboxylic acids is 1. The molecule has 0 amide bonds. The Hall–Kier alpha value is -2.43. The summed E-state index contributed by atoms with van der Waals surface area (Å²) in [6.07, 6.45) is 1.87. The molecule has 0 fully saturated rings. The maximum atomic E-state index is 11.4. The normalized spacial score (nSPS) is 10.5. The van der Waals surface area contributed by atoms with Crippen molar-refractivity contribution in [3.05, 3.63) is 82.9 Å². The van der Waals surface area contributed by atoms with Crippen LogP contribution in [0.3, 0.4) is 0 Å². The average Bonchev–Trinajstić information content (AvgIpc) is 2.67. The van der Waals surface area contributed by atoms with E-state index in [9.17, 15) is 9.90 Å². The van der Waals surface area contributed by atoms with Gasteiger partial charge in [-0.3, -0.25) is 0 Å². The molecular weight excluding hydrogens is 366 g/mol. The Balaban J connectivity index is 1.69. The monoisotopic (exact) mass is 383 g/mol. The predicted octanol–water partition coefficient (Wildman–Crippen LogP) is 6.04.